The molecule has 0 fully saturated rings. The van der Waals surface area contributed by atoms with Gasteiger partial charge in [0.2, 0.25) is 5.91 Å². The Morgan fingerprint density at radius 3 is 2.56 bits per heavy atom. The van der Waals surface area contributed by atoms with Gasteiger partial charge in [-0.1, -0.05) is 12.1 Å². The number of amides is 1. The van der Waals surface area contributed by atoms with E-state index in [9.17, 15) is 4.79 Å². The number of carbonyl (C=O) groups is 1. The molecule has 1 aromatic heterocycles. The number of hydrogen-bond donors (Lipinski definition) is 2. The quantitative estimate of drug-likeness (QED) is 0.864. The molecule has 0 aliphatic heterocycles. The second-order valence-electron chi connectivity index (χ2n) is 4.11. The van der Waals surface area contributed by atoms with Crippen molar-refractivity contribution < 1.29 is 4.79 Å². The molecule has 94 valence electrons. The van der Waals surface area contributed by atoms with Crippen molar-refractivity contribution in [3.63, 3.8) is 0 Å². The van der Waals surface area contributed by atoms with Crippen LogP contribution in [0.3, 0.4) is 0 Å². The third kappa shape index (κ3) is 3.35. The van der Waals surface area contributed by atoms with Crippen molar-refractivity contribution in [2.45, 2.75) is 13.5 Å². The zero-order valence-corrected chi connectivity index (χ0v) is 10.5. The summed E-state index contributed by atoms with van der Waals surface area (Å²) in [4.78, 5) is 10.9. The molecule has 0 aliphatic carbocycles. The molecule has 5 nitrogen and oxygen atoms in total. The molecule has 0 unspecified atom stereocenters. The van der Waals surface area contributed by atoms with Crippen molar-refractivity contribution >= 4 is 17.4 Å². The third-order valence-corrected chi connectivity index (χ3v) is 2.46. The van der Waals surface area contributed by atoms with Gasteiger partial charge in [0.1, 0.15) is 5.82 Å². The van der Waals surface area contributed by atoms with Gasteiger partial charge in [-0.3, -0.25) is 9.48 Å². The van der Waals surface area contributed by atoms with E-state index in [-0.39, 0.29) is 5.91 Å². The summed E-state index contributed by atoms with van der Waals surface area (Å²) in [6.07, 6.45) is 1.89. The Bertz CT molecular complexity index is 530. The van der Waals surface area contributed by atoms with Crippen molar-refractivity contribution in [1.82, 2.24) is 9.78 Å². The van der Waals surface area contributed by atoms with Crippen LogP contribution < -0.4 is 10.6 Å². The Morgan fingerprint density at radius 1 is 1.28 bits per heavy atom. The summed E-state index contributed by atoms with van der Waals surface area (Å²) in [5.41, 5.74) is 1.94. The number of anilines is 2. The monoisotopic (exact) mass is 244 g/mol. The van der Waals surface area contributed by atoms with Gasteiger partial charge in [-0.05, 0) is 17.7 Å². The van der Waals surface area contributed by atoms with Crippen molar-refractivity contribution in [3.8, 4) is 0 Å². The Balaban J connectivity index is 1.92. The Kier molecular flexibility index (Phi) is 3.62. The first-order valence-corrected chi connectivity index (χ1v) is 5.73. The highest BCUT2D eigenvalue weighted by Gasteiger charge is 1.98. The lowest BCUT2D eigenvalue weighted by molar-refractivity contribution is -0.114. The fraction of sp³-hybridized carbons (Fsp3) is 0.231. The van der Waals surface area contributed by atoms with Crippen LogP contribution in [0.1, 0.15) is 12.5 Å². The normalized spacial score (nSPS) is 10.1. The van der Waals surface area contributed by atoms with Gasteiger partial charge in [0, 0.05) is 38.5 Å². The highest BCUT2D eigenvalue weighted by molar-refractivity contribution is 5.88. The molecule has 1 amide bonds. The first-order chi connectivity index (χ1) is 8.63. The minimum Gasteiger partial charge on any atom is -0.365 e. The molecule has 2 N–H and O–H groups in total. The maximum Gasteiger partial charge on any atom is 0.221 e. The van der Waals surface area contributed by atoms with Crippen LogP contribution in [0.2, 0.25) is 0 Å². The van der Waals surface area contributed by atoms with Crippen LogP contribution in [0, 0.1) is 0 Å². The lowest BCUT2D eigenvalue weighted by Crippen LogP contribution is -2.06. The van der Waals surface area contributed by atoms with Crippen LogP contribution in [0.4, 0.5) is 11.5 Å². The number of nitrogens with one attached hydrogen (secondary N) is 2. The van der Waals surface area contributed by atoms with Crippen molar-refractivity contribution in [2.24, 2.45) is 7.05 Å². The minimum atomic E-state index is -0.0608. The largest absolute Gasteiger partial charge is 0.365 e. The maximum atomic E-state index is 10.9. The summed E-state index contributed by atoms with van der Waals surface area (Å²) in [6.45, 7) is 2.20. The topological polar surface area (TPSA) is 59.0 Å². The fourth-order valence-corrected chi connectivity index (χ4v) is 1.61. The number of carbonyl (C=O) groups excluding carboxylic acids is 1. The summed E-state index contributed by atoms with van der Waals surface area (Å²) < 4.78 is 1.75. The maximum absolute atomic E-state index is 10.9. The second-order valence-corrected chi connectivity index (χ2v) is 4.11. The molecule has 1 aromatic carbocycles. The summed E-state index contributed by atoms with van der Waals surface area (Å²) in [6, 6.07) is 9.64. The fourth-order valence-electron chi connectivity index (χ4n) is 1.61. The molecule has 0 spiro atoms. The molecule has 2 aromatic rings. The van der Waals surface area contributed by atoms with Gasteiger partial charge in [0.05, 0.1) is 0 Å². The lowest BCUT2D eigenvalue weighted by Gasteiger charge is -2.05. The van der Waals surface area contributed by atoms with Crippen LogP contribution in [-0.2, 0) is 18.4 Å². The zero-order valence-electron chi connectivity index (χ0n) is 10.5. The smallest absolute Gasteiger partial charge is 0.221 e. The first kappa shape index (κ1) is 12.2. The molecule has 0 aliphatic rings. The van der Waals surface area contributed by atoms with Crippen LogP contribution in [-0.4, -0.2) is 15.7 Å². The van der Waals surface area contributed by atoms with E-state index in [1.54, 1.807) is 4.68 Å². The third-order valence-electron chi connectivity index (χ3n) is 2.46. The van der Waals surface area contributed by atoms with Gasteiger partial charge in [-0.2, -0.15) is 5.10 Å². The van der Waals surface area contributed by atoms with Crippen LogP contribution in [0.15, 0.2) is 36.5 Å². The highest BCUT2D eigenvalue weighted by atomic mass is 16.1. The first-order valence-electron chi connectivity index (χ1n) is 5.73. The number of hydrogen-bond acceptors (Lipinski definition) is 3. The standard InChI is InChI=1S/C13H16N4O/c1-10(18)15-12-5-3-11(4-6-12)9-14-13-7-8-17(2)16-13/h3-8H,9H2,1-2H3,(H,14,16)(H,15,18). The van der Waals surface area contributed by atoms with Crippen LogP contribution >= 0.6 is 0 Å². The molecule has 0 bridgehead atoms. The van der Waals surface area contributed by atoms with E-state index in [0.717, 1.165) is 17.1 Å². The van der Waals surface area contributed by atoms with Crippen LogP contribution in [0.5, 0.6) is 0 Å². The number of aryl methyl sites for hydroxylation is 1. The molecule has 0 radical (unpaired) electrons. The van der Waals surface area contributed by atoms with Gasteiger partial charge in [0.15, 0.2) is 0 Å². The Hall–Kier alpha value is -2.30. The predicted octanol–water partition coefficient (Wildman–Crippen LogP) is 1.99. The molecule has 18 heavy (non-hydrogen) atoms. The number of nitrogens with zero attached hydrogens (tertiary/aromatic N) is 2. The van der Waals surface area contributed by atoms with E-state index in [1.807, 2.05) is 43.6 Å². The summed E-state index contributed by atoms with van der Waals surface area (Å²) in [5, 5.41) is 10.2. The second kappa shape index (κ2) is 5.35. The zero-order chi connectivity index (χ0) is 13.0. The van der Waals surface area contributed by atoms with E-state index in [2.05, 4.69) is 15.7 Å². The lowest BCUT2D eigenvalue weighted by atomic mass is 10.2. The molecule has 1 heterocycles. The van der Waals surface area contributed by atoms with Crippen molar-refractivity contribution in [1.29, 1.82) is 0 Å². The molecule has 0 atom stereocenters. The summed E-state index contributed by atoms with van der Waals surface area (Å²) in [5.74, 6) is 0.790. The minimum absolute atomic E-state index is 0.0608. The van der Waals surface area contributed by atoms with Crippen molar-refractivity contribution in [2.75, 3.05) is 10.6 Å². The molecule has 2 rings (SSSR count). The van der Waals surface area contributed by atoms with E-state index in [0.29, 0.717) is 6.54 Å². The van der Waals surface area contributed by atoms with Gasteiger partial charge in [0.25, 0.3) is 0 Å². The summed E-state index contributed by atoms with van der Waals surface area (Å²) >= 11 is 0. The average molecular weight is 244 g/mol. The predicted molar refractivity (Wildman–Crippen MR) is 71.3 cm³/mol. The van der Waals surface area contributed by atoms with Gasteiger partial charge in [-0.25, -0.2) is 0 Å². The van der Waals surface area contributed by atoms with E-state index in [4.69, 9.17) is 0 Å². The Labute approximate surface area is 106 Å². The number of rotatable bonds is 4. The van der Waals surface area contributed by atoms with E-state index < -0.39 is 0 Å². The molecule has 0 saturated carbocycles. The molecule has 0 saturated heterocycles. The van der Waals surface area contributed by atoms with E-state index in [1.165, 1.54) is 6.92 Å². The SMILES string of the molecule is CC(=O)Nc1ccc(CNc2ccn(C)n2)cc1. The molecular formula is C13H16N4O. The van der Waals surface area contributed by atoms with Crippen molar-refractivity contribution in [3.05, 3.63) is 42.1 Å². The summed E-state index contributed by atoms with van der Waals surface area (Å²) in [7, 11) is 1.88. The number of aromatic nitrogens is 2. The molecular weight excluding hydrogens is 228 g/mol. The molecule has 5 heteroatoms. The number of benzene rings is 1. The van der Waals surface area contributed by atoms with Gasteiger partial charge >= 0.3 is 0 Å². The highest BCUT2D eigenvalue weighted by Crippen LogP contribution is 2.11. The van der Waals surface area contributed by atoms with E-state index >= 15 is 0 Å². The Morgan fingerprint density at radius 2 is 2.00 bits per heavy atom. The van der Waals surface area contributed by atoms with Crippen LogP contribution in [0.25, 0.3) is 0 Å². The van der Waals surface area contributed by atoms with Gasteiger partial charge < -0.3 is 10.6 Å². The van der Waals surface area contributed by atoms with Gasteiger partial charge in [-0.15, -0.1) is 0 Å². The average Bonchev–Trinajstić information content (AvgIpc) is 2.74.